The fourth-order valence-electron chi connectivity index (χ4n) is 1.76. The molecule has 0 spiro atoms. The molecule has 5 atom stereocenters. The summed E-state index contributed by atoms with van der Waals surface area (Å²) in [5.74, 6) is -0.371. The van der Waals surface area contributed by atoms with E-state index < -0.39 is 37.3 Å². The molecule has 1 aliphatic rings. The minimum Gasteiger partial charge on any atom is -0.394 e. The number of amides is 1. The summed E-state index contributed by atoms with van der Waals surface area (Å²) in [7, 11) is 1.34. The minimum atomic E-state index is -1.32. The van der Waals surface area contributed by atoms with Crippen molar-refractivity contribution in [1.82, 2.24) is 5.32 Å². The molecular weight excluding hydrogens is 218 g/mol. The average molecular weight is 235 g/mol. The van der Waals surface area contributed by atoms with Crippen LogP contribution in [0.4, 0.5) is 0 Å². The first-order valence-corrected chi connectivity index (χ1v) is 4.93. The van der Waals surface area contributed by atoms with Crippen LogP contribution in [0.3, 0.4) is 0 Å². The molecule has 1 fully saturated rings. The van der Waals surface area contributed by atoms with E-state index in [1.165, 1.54) is 14.0 Å². The van der Waals surface area contributed by atoms with Gasteiger partial charge in [-0.05, 0) is 0 Å². The van der Waals surface area contributed by atoms with E-state index in [4.69, 9.17) is 14.6 Å². The predicted octanol–water partition coefficient (Wildman–Crippen LogP) is -2.42. The molecule has 7 nitrogen and oxygen atoms in total. The Kier molecular flexibility index (Phi) is 4.63. The van der Waals surface area contributed by atoms with Crippen molar-refractivity contribution in [1.29, 1.82) is 0 Å². The second-order valence-electron chi connectivity index (χ2n) is 3.66. The van der Waals surface area contributed by atoms with Gasteiger partial charge in [-0.1, -0.05) is 0 Å². The number of carbonyl (C=O) groups is 1. The summed E-state index contributed by atoms with van der Waals surface area (Å²) >= 11 is 0. The second kappa shape index (κ2) is 5.55. The lowest BCUT2D eigenvalue weighted by Crippen LogP contribution is -2.64. The van der Waals surface area contributed by atoms with Gasteiger partial charge in [-0.25, -0.2) is 0 Å². The van der Waals surface area contributed by atoms with Gasteiger partial charge in [-0.2, -0.15) is 0 Å². The summed E-state index contributed by atoms with van der Waals surface area (Å²) in [4.78, 5) is 10.9. The van der Waals surface area contributed by atoms with Gasteiger partial charge < -0.3 is 30.1 Å². The molecule has 16 heavy (non-hydrogen) atoms. The Hall–Kier alpha value is -0.730. The monoisotopic (exact) mass is 235 g/mol. The zero-order chi connectivity index (χ0) is 12.3. The van der Waals surface area contributed by atoms with Crippen molar-refractivity contribution >= 4 is 5.91 Å². The third kappa shape index (κ3) is 2.69. The van der Waals surface area contributed by atoms with Crippen molar-refractivity contribution in [3.05, 3.63) is 0 Å². The SMILES string of the molecule is CO[C@H]1[C@H](O)[C@@H](CO)O[C@H](O)[C@H]1NC(C)=O. The summed E-state index contributed by atoms with van der Waals surface area (Å²) < 4.78 is 9.96. The van der Waals surface area contributed by atoms with Gasteiger partial charge in [-0.3, -0.25) is 4.79 Å². The topological polar surface area (TPSA) is 108 Å². The van der Waals surface area contributed by atoms with Gasteiger partial charge in [0, 0.05) is 14.0 Å². The molecule has 1 rings (SSSR count). The summed E-state index contributed by atoms with van der Waals surface area (Å²) in [5.41, 5.74) is 0. The van der Waals surface area contributed by atoms with Crippen molar-refractivity contribution < 1.29 is 29.6 Å². The van der Waals surface area contributed by atoms with E-state index in [1.807, 2.05) is 0 Å². The highest BCUT2D eigenvalue weighted by atomic mass is 16.6. The van der Waals surface area contributed by atoms with Crippen LogP contribution in [-0.4, -0.2) is 65.6 Å². The number of aliphatic hydroxyl groups excluding tert-OH is 3. The largest absolute Gasteiger partial charge is 0.394 e. The zero-order valence-electron chi connectivity index (χ0n) is 9.16. The number of carbonyl (C=O) groups excluding carboxylic acids is 1. The van der Waals surface area contributed by atoms with Crippen LogP contribution in [0, 0.1) is 0 Å². The third-order valence-electron chi connectivity index (χ3n) is 2.51. The zero-order valence-corrected chi connectivity index (χ0v) is 9.16. The van der Waals surface area contributed by atoms with Crippen LogP contribution in [0.1, 0.15) is 6.92 Å². The fourth-order valence-corrected chi connectivity index (χ4v) is 1.76. The Labute approximate surface area is 93.0 Å². The Morgan fingerprint density at radius 2 is 2.12 bits per heavy atom. The Morgan fingerprint density at radius 3 is 2.56 bits per heavy atom. The van der Waals surface area contributed by atoms with Crippen LogP contribution in [0.25, 0.3) is 0 Å². The maximum Gasteiger partial charge on any atom is 0.217 e. The predicted molar refractivity (Wildman–Crippen MR) is 52.4 cm³/mol. The number of methoxy groups -OCH3 is 1. The molecule has 94 valence electrons. The minimum absolute atomic E-state index is 0.371. The second-order valence-corrected chi connectivity index (χ2v) is 3.66. The van der Waals surface area contributed by atoms with Crippen molar-refractivity contribution in [2.45, 2.75) is 37.6 Å². The molecular formula is C9H17NO6. The molecule has 0 radical (unpaired) electrons. The van der Waals surface area contributed by atoms with Crippen molar-refractivity contribution in [3.63, 3.8) is 0 Å². The molecule has 0 aromatic heterocycles. The van der Waals surface area contributed by atoms with Gasteiger partial charge >= 0.3 is 0 Å². The molecule has 1 saturated heterocycles. The third-order valence-corrected chi connectivity index (χ3v) is 2.51. The van der Waals surface area contributed by atoms with Crippen LogP contribution in [0.2, 0.25) is 0 Å². The molecule has 1 aliphatic heterocycles. The quantitative estimate of drug-likeness (QED) is 0.433. The first-order chi connectivity index (χ1) is 7.51. The van der Waals surface area contributed by atoms with E-state index in [1.54, 1.807) is 0 Å². The highest BCUT2D eigenvalue weighted by molar-refractivity contribution is 5.73. The molecule has 7 heteroatoms. The van der Waals surface area contributed by atoms with E-state index in [9.17, 15) is 15.0 Å². The lowest BCUT2D eigenvalue weighted by Gasteiger charge is -2.41. The smallest absolute Gasteiger partial charge is 0.217 e. The van der Waals surface area contributed by atoms with Crippen molar-refractivity contribution in [2.24, 2.45) is 0 Å². The molecule has 0 aromatic rings. The number of rotatable bonds is 3. The Bertz CT molecular complexity index is 248. The Morgan fingerprint density at radius 1 is 1.50 bits per heavy atom. The number of hydrogen-bond acceptors (Lipinski definition) is 6. The standard InChI is InChI=1S/C9H17NO6/c1-4(12)10-6-8(15-2)7(13)5(3-11)16-9(6)14/h5-9,11,13-14H,3H2,1-2H3,(H,10,12)/t5-,6+,7-,8-,9+/m1/s1. The van der Waals surface area contributed by atoms with Crippen molar-refractivity contribution in [2.75, 3.05) is 13.7 Å². The average Bonchev–Trinajstić information content (AvgIpc) is 2.23. The number of aliphatic hydroxyl groups is 3. The maximum absolute atomic E-state index is 10.9. The fraction of sp³-hybridized carbons (Fsp3) is 0.889. The van der Waals surface area contributed by atoms with Gasteiger partial charge in [0.15, 0.2) is 6.29 Å². The molecule has 1 amide bonds. The molecule has 0 aromatic carbocycles. The van der Waals surface area contributed by atoms with E-state index >= 15 is 0 Å². The van der Waals surface area contributed by atoms with E-state index in [0.717, 1.165) is 0 Å². The lowest BCUT2D eigenvalue weighted by atomic mass is 9.97. The summed E-state index contributed by atoms with van der Waals surface area (Å²) in [6, 6.07) is -0.861. The molecule has 4 N–H and O–H groups in total. The van der Waals surface area contributed by atoms with E-state index in [2.05, 4.69) is 5.32 Å². The summed E-state index contributed by atoms with van der Waals surface area (Å²) in [6.45, 7) is 0.842. The van der Waals surface area contributed by atoms with Gasteiger partial charge in [0.1, 0.15) is 24.4 Å². The van der Waals surface area contributed by atoms with Gasteiger partial charge in [0.05, 0.1) is 6.61 Å². The van der Waals surface area contributed by atoms with Gasteiger partial charge in [0.25, 0.3) is 0 Å². The molecule has 0 bridgehead atoms. The number of hydrogen-bond donors (Lipinski definition) is 4. The highest BCUT2D eigenvalue weighted by Gasteiger charge is 2.45. The highest BCUT2D eigenvalue weighted by Crippen LogP contribution is 2.21. The number of ether oxygens (including phenoxy) is 2. The van der Waals surface area contributed by atoms with Gasteiger partial charge in [-0.15, -0.1) is 0 Å². The van der Waals surface area contributed by atoms with Crippen LogP contribution >= 0.6 is 0 Å². The first kappa shape index (κ1) is 13.3. The van der Waals surface area contributed by atoms with Crippen LogP contribution < -0.4 is 5.32 Å². The van der Waals surface area contributed by atoms with Crippen molar-refractivity contribution in [3.8, 4) is 0 Å². The summed E-state index contributed by atoms with van der Waals surface area (Å²) in [5, 5.41) is 30.7. The molecule has 0 unspecified atom stereocenters. The maximum atomic E-state index is 10.9. The Balaban J connectivity index is 2.78. The summed E-state index contributed by atoms with van der Waals surface area (Å²) in [6.07, 6.45) is -4.19. The number of nitrogens with one attached hydrogen (secondary N) is 1. The van der Waals surface area contributed by atoms with E-state index in [-0.39, 0.29) is 5.91 Å². The molecule has 0 aliphatic carbocycles. The van der Waals surface area contributed by atoms with Gasteiger partial charge in [0.2, 0.25) is 5.91 Å². The molecule has 0 saturated carbocycles. The molecule has 1 heterocycles. The first-order valence-electron chi connectivity index (χ1n) is 4.93. The van der Waals surface area contributed by atoms with Crippen LogP contribution in [0.15, 0.2) is 0 Å². The lowest BCUT2D eigenvalue weighted by molar-refractivity contribution is -0.258. The normalized spacial score (nSPS) is 39.4. The van der Waals surface area contributed by atoms with E-state index in [0.29, 0.717) is 0 Å². The van der Waals surface area contributed by atoms with Crippen LogP contribution in [-0.2, 0) is 14.3 Å². The van der Waals surface area contributed by atoms with Crippen LogP contribution in [0.5, 0.6) is 0 Å².